The van der Waals surface area contributed by atoms with E-state index in [4.69, 9.17) is 18.9 Å². The highest BCUT2D eigenvalue weighted by Gasteiger charge is 2.31. The Hall–Kier alpha value is -6.28. The maximum absolute atomic E-state index is 5.72. The Labute approximate surface area is 306 Å². The molecule has 8 heteroatoms. The molecule has 0 saturated carbocycles. The smallest absolute Gasteiger partial charge is 0.143 e. The molecule has 0 aliphatic carbocycles. The van der Waals surface area contributed by atoms with E-state index >= 15 is 0 Å². The molecule has 264 valence electrons. The summed E-state index contributed by atoms with van der Waals surface area (Å²) in [5, 5.41) is 0. The van der Waals surface area contributed by atoms with E-state index in [0.717, 1.165) is 91.0 Å². The lowest BCUT2D eigenvalue weighted by atomic mass is 10.1. The minimum Gasteiger partial charge on any atom is -0.496 e. The third kappa shape index (κ3) is 5.76. The Morgan fingerprint density at radius 3 is 0.827 bits per heavy atom. The molecule has 8 rings (SSSR count). The SMILES string of the molecule is COc1cc(N2c3ccccc3N(C)c3ccccc32)c(OC)cc1C.COc1cc(N2c3ccccc3N(C)c3ccccc32)c(OC)cc1C. The molecular weight excluding hydrogens is 649 g/mol. The zero-order valence-electron chi connectivity index (χ0n) is 31.0. The Kier molecular flexibility index (Phi) is 9.30. The monoisotopic (exact) mass is 692 g/mol. The molecule has 0 atom stereocenters. The van der Waals surface area contributed by atoms with E-state index in [1.807, 2.05) is 38.1 Å². The Balaban J connectivity index is 0.000000162. The number of hydrogen-bond acceptors (Lipinski definition) is 8. The van der Waals surface area contributed by atoms with Gasteiger partial charge in [0.15, 0.2) is 0 Å². The van der Waals surface area contributed by atoms with Gasteiger partial charge in [0.2, 0.25) is 0 Å². The second-order valence-corrected chi connectivity index (χ2v) is 12.7. The van der Waals surface area contributed by atoms with Crippen LogP contribution in [-0.2, 0) is 0 Å². The molecule has 2 heterocycles. The van der Waals surface area contributed by atoms with Gasteiger partial charge in [0.05, 0.1) is 85.3 Å². The van der Waals surface area contributed by atoms with Crippen molar-refractivity contribution in [2.24, 2.45) is 0 Å². The second-order valence-electron chi connectivity index (χ2n) is 12.7. The first kappa shape index (κ1) is 34.2. The van der Waals surface area contributed by atoms with Gasteiger partial charge in [-0.15, -0.1) is 0 Å². The van der Waals surface area contributed by atoms with Crippen molar-refractivity contribution in [3.63, 3.8) is 0 Å². The molecule has 0 amide bonds. The van der Waals surface area contributed by atoms with Crippen LogP contribution >= 0.6 is 0 Å². The van der Waals surface area contributed by atoms with Crippen LogP contribution in [0.5, 0.6) is 23.0 Å². The Morgan fingerprint density at radius 1 is 0.327 bits per heavy atom. The van der Waals surface area contributed by atoms with Crippen LogP contribution in [-0.4, -0.2) is 42.5 Å². The van der Waals surface area contributed by atoms with Gasteiger partial charge in [-0.3, -0.25) is 0 Å². The van der Waals surface area contributed by atoms with Crippen molar-refractivity contribution in [1.29, 1.82) is 0 Å². The summed E-state index contributed by atoms with van der Waals surface area (Å²) in [6.45, 7) is 4.05. The van der Waals surface area contributed by atoms with Crippen molar-refractivity contribution in [3.8, 4) is 23.0 Å². The summed E-state index contributed by atoms with van der Waals surface area (Å²) in [7, 11) is 11.0. The van der Waals surface area contributed by atoms with Crippen LogP contribution < -0.4 is 38.5 Å². The molecule has 2 aliphatic rings. The average molecular weight is 693 g/mol. The number of methoxy groups -OCH3 is 4. The summed E-state index contributed by atoms with van der Waals surface area (Å²) in [5.41, 5.74) is 13.0. The highest BCUT2D eigenvalue weighted by atomic mass is 16.5. The molecule has 0 bridgehead atoms. The van der Waals surface area contributed by atoms with Crippen LogP contribution in [0, 0.1) is 13.8 Å². The zero-order chi connectivity index (χ0) is 36.5. The van der Waals surface area contributed by atoms with Crippen LogP contribution in [0.15, 0.2) is 121 Å². The molecule has 6 aromatic rings. The number of benzene rings is 6. The van der Waals surface area contributed by atoms with Crippen LogP contribution in [0.25, 0.3) is 0 Å². The fourth-order valence-corrected chi connectivity index (χ4v) is 7.20. The summed E-state index contributed by atoms with van der Waals surface area (Å²) in [6, 6.07) is 41.7. The number of rotatable bonds is 6. The first-order valence-electron chi connectivity index (χ1n) is 17.2. The highest BCUT2D eigenvalue weighted by Crippen LogP contribution is 2.54. The van der Waals surface area contributed by atoms with Gasteiger partial charge in [-0.05, 0) is 85.6 Å². The van der Waals surface area contributed by atoms with Crippen LogP contribution in [0.3, 0.4) is 0 Å². The van der Waals surface area contributed by atoms with E-state index in [2.05, 4.69) is 131 Å². The number of fused-ring (bicyclic) bond motifs is 4. The summed E-state index contributed by atoms with van der Waals surface area (Å²) in [5.74, 6) is 3.32. The molecule has 0 saturated heterocycles. The molecule has 52 heavy (non-hydrogen) atoms. The number of ether oxygens (including phenoxy) is 4. The average Bonchev–Trinajstić information content (AvgIpc) is 3.19. The molecule has 8 nitrogen and oxygen atoms in total. The molecule has 6 aromatic carbocycles. The largest absolute Gasteiger partial charge is 0.496 e. The third-order valence-corrected chi connectivity index (χ3v) is 9.81. The summed E-state index contributed by atoms with van der Waals surface area (Å²) < 4.78 is 22.6. The highest BCUT2D eigenvalue weighted by molar-refractivity contribution is 6.00. The quantitative estimate of drug-likeness (QED) is 0.171. The topological polar surface area (TPSA) is 49.9 Å². The molecule has 0 radical (unpaired) electrons. The standard InChI is InChI=1S/2C22H22N2O2/c2*1-15-13-22(26-4)20(14-21(15)25-3)24-18-11-7-5-9-16(18)23(2)17-10-6-8-12-19(17)24/h2*5-14H,1-4H3. The van der Waals surface area contributed by atoms with Gasteiger partial charge in [0.25, 0.3) is 0 Å². The normalized spacial score (nSPS) is 12.5. The van der Waals surface area contributed by atoms with Gasteiger partial charge < -0.3 is 38.5 Å². The maximum Gasteiger partial charge on any atom is 0.143 e. The first-order chi connectivity index (χ1) is 25.3. The van der Waals surface area contributed by atoms with E-state index in [-0.39, 0.29) is 0 Å². The minimum absolute atomic E-state index is 0.817. The molecule has 2 aliphatic heterocycles. The van der Waals surface area contributed by atoms with Crippen molar-refractivity contribution in [2.75, 3.05) is 62.1 Å². The summed E-state index contributed by atoms with van der Waals surface area (Å²) in [4.78, 5) is 8.93. The van der Waals surface area contributed by atoms with Crippen molar-refractivity contribution in [2.45, 2.75) is 13.8 Å². The minimum atomic E-state index is 0.817. The Bertz CT molecular complexity index is 2000. The maximum atomic E-state index is 5.72. The molecule has 0 unspecified atom stereocenters. The third-order valence-electron chi connectivity index (χ3n) is 9.81. The van der Waals surface area contributed by atoms with Crippen LogP contribution in [0.2, 0.25) is 0 Å². The van der Waals surface area contributed by atoms with E-state index in [1.54, 1.807) is 28.4 Å². The number of anilines is 10. The van der Waals surface area contributed by atoms with Gasteiger partial charge in [0, 0.05) is 26.2 Å². The molecule has 0 N–H and O–H groups in total. The first-order valence-corrected chi connectivity index (χ1v) is 17.2. The fraction of sp³-hybridized carbons (Fsp3) is 0.182. The van der Waals surface area contributed by atoms with Gasteiger partial charge >= 0.3 is 0 Å². The van der Waals surface area contributed by atoms with Crippen molar-refractivity contribution < 1.29 is 18.9 Å². The predicted molar refractivity (Wildman–Crippen MR) is 214 cm³/mol. The molecule has 0 aromatic heterocycles. The lowest BCUT2D eigenvalue weighted by Crippen LogP contribution is -2.24. The van der Waals surface area contributed by atoms with Gasteiger partial charge in [-0.25, -0.2) is 0 Å². The molecule has 0 fully saturated rings. The number of nitrogens with zero attached hydrogens (tertiary/aromatic N) is 4. The van der Waals surface area contributed by atoms with Gasteiger partial charge in [0.1, 0.15) is 23.0 Å². The van der Waals surface area contributed by atoms with E-state index in [1.165, 1.54) is 0 Å². The van der Waals surface area contributed by atoms with Crippen molar-refractivity contribution in [3.05, 3.63) is 132 Å². The summed E-state index contributed by atoms with van der Waals surface area (Å²) in [6.07, 6.45) is 0. The number of hydrogen-bond donors (Lipinski definition) is 0. The van der Waals surface area contributed by atoms with Crippen LogP contribution in [0.1, 0.15) is 11.1 Å². The zero-order valence-corrected chi connectivity index (χ0v) is 31.0. The lowest BCUT2D eigenvalue weighted by Gasteiger charge is -2.39. The number of aryl methyl sites for hydroxylation is 2. The van der Waals surface area contributed by atoms with Crippen molar-refractivity contribution in [1.82, 2.24) is 0 Å². The fourth-order valence-electron chi connectivity index (χ4n) is 7.20. The molecular formula is C44H44N4O4. The van der Waals surface area contributed by atoms with Gasteiger partial charge in [-0.2, -0.15) is 0 Å². The van der Waals surface area contributed by atoms with E-state index in [0.29, 0.717) is 0 Å². The molecule has 0 spiro atoms. The van der Waals surface area contributed by atoms with Gasteiger partial charge in [-0.1, -0.05) is 48.5 Å². The predicted octanol–water partition coefficient (Wildman–Crippen LogP) is 11.1. The van der Waals surface area contributed by atoms with E-state index < -0.39 is 0 Å². The number of para-hydroxylation sites is 8. The van der Waals surface area contributed by atoms with Crippen molar-refractivity contribution >= 4 is 56.9 Å². The van der Waals surface area contributed by atoms with Crippen LogP contribution in [0.4, 0.5) is 56.9 Å². The van der Waals surface area contributed by atoms with E-state index in [9.17, 15) is 0 Å². The lowest BCUT2D eigenvalue weighted by molar-refractivity contribution is 0.401. The second kappa shape index (κ2) is 14.2. The Morgan fingerprint density at radius 2 is 0.577 bits per heavy atom. The summed E-state index contributed by atoms with van der Waals surface area (Å²) >= 11 is 0.